The van der Waals surface area contributed by atoms with Gasteiger partial charge in [-0.3, -0.25) is 20.1 Å². The molecule has 6 heterocycles. The second-order valence-electron chi connectivity index (χ2n) is 10.3. The molecule has 1 fully saturated rings. The first-order chi connectivity index (χ1) is 20.1. The topological polar surface area (TPSA) is 108 Å². The molecule has 1 aromatic carbocycles. The molecular formula is C32H33FN8. The Bertz CT molecular complexity index is 1800. The standard InChI is InChI=1S/C30H27FN8.C2H6/c1-17-8-20(12-22(31)9-17)27-29-24(4-7-34-27)36-30(37-29)28-23-13-25(35-16-26(23)38-39-28)21-11-19(14-33-15-21)10-18-2-5-32-6-3-18;1-2/h4,7-9,11-16,18,32H,2-3,5-6,10H2,1H3,(H,36,37)(H,38,39);1-2H3. The van der Waals surface area contributed by atoms with E-state index in [0.29, 0.717) is 34.2 Å². The monoisotopic (exact) mass is 548 g/mol. The van der Waals surface area contributed by atoms with Crippen molar-refractivity contribution in [2.75, 3.05) is 13.1 Å². The molecule has 0 bridgehead atoms. The van der Waals surface area contributed by atoms with E-state index in [-0.39, 0.29) is 5.82 Å². The summed E-state index contributed by atoms with van der Waals surface area (Å²) in [6, 6.07) is 11.0. The fourth-order valence-corrected chi connectivity index (χ4v) is 5.55. The molecule has 8 nitrogen and oxygen atoms in total. The largest absolute Gasteiger partial charge is 0.336 e. The van der Waals surface area contributed by atoms with Gasteiger partial charge in [0, 0.05) is 35.1 Å². The van der Waals surface area contributed by atoms with Crippen LogP contribution in [0.5, 0.6) is 0 Å². The molecule has 5 aromatic heterocycles. The van der Waals surface area contributed by atoms with E-state index in [2.05, 4.69) is 41.5 Å². The van der Waals surface area contributed by atoms with E-state index in [1.165, 1.54) is 30.5 Å². The van der Waals surface area contributed by atoms with Crippen LogP contribution in [0, 0.1) is 18.7 Å². The van der Waals surface area contributed by atoms with Crippen molar-refractivity contribution in [2.45, 2.75) is 40.0 Å². The number of rotatable bonds is 5. The maximum atomic E-state index is 14.2. The van der Waals surface area contributed by atoms with Gasteiger partial charge in [-0.2, -0.15) is 5.10 Å². The summed E-state index contributed by atoms with van der Waals surface area (Å²) in [4.78, 5) is 22.0. The second kappa shape index (κ2) is 11.5. The number of nitrogens with one attached hydrogen (secondary N) is 3. The van der Waals surface area contributed by atoms with Gasteiger partial charge in [0.15, 0.2) is 5.82 Å². The quantitative estimate of drug-likeness (QED) is 0.223. The number of aromatic amines is 2. The van der Waals surface area contributed by atoms with Crippen molar-refractivity contribution >= 4 is 21.9 Å². The van der Waals surface area contributed by atoms with Crippen molar-refractivity contribution in [1.82, 2.24) is 40.4 Å². The summed E-state index contributed by atoms with van der Waals surface area (Å²) in [5, 5.41) is 12.0. The number of nitrogens with zero attached hydrogens (tertiary/aromatic N) is 5. The number of halogens is 1. The van der Waals surface area contributed by atoms with Gasteiger partial charge in [0.25, 0.3) is 0 Å². The lowest BCUT2D eigenvalue weighted by Crippen LogP contribution is -2.28. The number of aromatic nitrogens is 7. The zero-order valence-electron chi connectivity index (χ0n) is 23.5. The van der Waals surface area contributed by atoms with Crippen molar-refractivity contribution in [3.05, 3.63) is 78.1 Å². The first kappa shape index (κ1) is 26.7. The van der Waals surface area contributed by atoms with E-state index >= 15 is 0 Å². The molecule has 1 aliphatic rings. The average Bonchev–Trinajstić information content (AvgIpc) is 3.62. The number of imidazole rings is 1. The number of hydrogen-bond acceptors (Lipinski definition) is 6. The molecule has 9 heteroatoms. The van der Waals surface area contributed by atoms with Crippen LogP contribution < -0.4 is 5.32 Å². The van der Waals surface area contributed by atoms with E-state index in [0.717, 1.165) is 52.8 Å². The van der Waals surface area contributed by atoms with Crippen LogP contribution in [0.2, 0.25) is 0 Å². The van der Waals surface area contributed by atoms with Crippen LogP contribution in [-0.2, 0) is 6.42 Å². The van der Waals surface area contributed by atoms with E-state index in [9.17, 15) is 4.39 Å². The number of hydrogen-bond donors (Lipinski definition) is 3. The second-order valence-corrected chi connectivity index (χ2v) is 10.3. The van der Waals surface area contributed by atoms with Crippen LogP contribution >= 0.6 is 0 Å². The van der Waals surface area contributed by atoms with Crippen molar-refractivity contribution in [1.29, 1.82) is 0 Å². The Labute approximate surface area is 237 Å². The Morgan fingerprint density at radius 3 is 2.59 bits per heavy atom. The highest BCUT2D eigenvalue weighted by atomic mass is 19.1. The Morgan fingerprint density at radius 1 is 0.902 bits per heavy atom. The van der Waals surface area contributed by atoms with Crippen LogP contribution in [0.1, 0.15) is 37.8 Å². The molecule has 1 aliphatic heterocycles. The van der Waals surface area contributed by atoms with Crippen LogP contribution in [0.4, 0.5) is 4.39 Å². The first-order valence-corrected chi connectivity index (χ1v) is 14.2. The zero-order chi connectivity index (χ0) is 28.3. The summed E-state index contributed by atoms with van der Waals surface area (Å²) >= 11 is 0. The molecular weight excluding hydrogens is 515 g/mol. The highest BCUT2D eigenvalue weighted by Crippen LogP contribution is 2.32. The first-order valence-electron chi connectivity index (χ1n) is 14.2. The Balaban J connectivity index is 0.00000148. The molecule has 6 aromatic rings. The smallest absolute Gasteiger partial charge is 0.159 e. The highest BCUT2D eigenvalue weighted by molar-refractivity contribution is 5.96. The average molecular weight is 549 g/mol. The fourth-order valence-electron chi connectivity index (χ4n) is 5.55. The van der Waals surface area contributed by atoms with Crippen molar-refractivity contribution in [2.24, 2.45) is 5.92 Å². The van der Waals surface area contributed by atoms with Crippen LogP contribution in [0.15, 0.2) is 61.2 Å². The maximum Gasteiger partial charge on any atom is 0.159 e. The highest BCUT2D eigenvalue weighted by Gasteiger charge is 2.18. The van der Waals surface area contributed by atoms with Crippen molar-refractivity contribution in [3.8, 4) is 34.0 Å². The summed E-state index contributed by atoms with van der Waals surface area (Å²) in [5.41, 5.74) is 8.15. The van der Waals surface area contributed by atoms with Gasteiger partial charge in [-0.1, -0.05) is 13.8 Å². The maximum absolute atomic E-state index is 14.2. The summed E-state index contributed by atoms with van der Waals surface area (Å²) in [5.74, 6) is 0.990. The van der Waals surface area contributed by atoms with Gasteiger partial charge in [-0.15, -0.1) is 0 Å². The van der Waals surface area contributed by atoms with Gasteiger partial charge < -0.3 is 10.3 Å². The SMILES string of the molecule is CC.Cc1cc(F)cc(-c2nccc3[nH]c(-c4n[nH]c5cnc(-c6cncc(CC7CCNCC7)c6)cc45)nc23)c1. The third kappa shape index (κ3) is 5.45. The summed E-state index contributed by atoms with van der Waals surface area (Å²) in [6.45, 7) is 8.03. The minimum absolute atomic E-state index is 0.299. The number of benzene rings is 1. The molecule has 1 saturated heterocycles. The van der Waals surface area contributed by atoms with Gasteiger partial charge in [0.2, 0.25) is 0 Å². The number of H-pyrrole nitrogens is 2. The molecule has 0 spiro atoms. The molecule has 208 valence electrons. The van der Waals surface area contributed by atoms with Gasteiger partial charge in [-0.25, -0.2) is 9.37 Å². The summed E-state index contributed by atoms with van der Waals surface area (Å²) < 4.78 is 14.2. The Hall–Kier alpha value is -4.50. The summed E-state index contributed by atoms with van der Waals surface area (Å²) in [7, 11) is 0. The molecule has 0 amide bonds. The number of piperidine rings is 1. The molecule has 0 aliphatic carbocycles. The normalized spacial score (nSPS) is 13.9. The number of pyridine rings is 3. The Kier molecular flexibility index (Phi) is 7.52. The molecule has 0 radical (unpaired) electrons. The van der Waals surface area contributed by atoms with Gasteiger partial charge >= 0.3 is 0 Å². The third-order valence-corrected chi connectivity index (χ3v) is 7.46. The predicted molar refractivity (Wildman–Crippen MR) is 161 cm³/mol. The number of aryl methyl sites for hydroxylation is 1. The molecule has 3 N–H and O–H groups in total. The lowest BCUT2D eigenvalue weighted by atomic mass is 9.91. The van der Waals surface area contributed by atoms with E-state index in [1.807, 2.05) is 51.4 Å². The minimum atomic E-state index is -0.299. The van der Waals surface area contributed by atoms with Crippen LogP contribution in [0.3, 0.4) is 0 Å². The molecule has 41 heavy (non-hydrogen) atoms. The summed E-state index contributed by atoms with van der Waals surface area (Å²) in [6.07, 6.45) is 10.7. The molecule has 0 unspecified atom stereocenters. The van der Waals surface area contributed by atoms with Gasteiger partial charge in [0.05, 0.1) is 28.6 Å². The zero-order valence-corrected chi connectivity index (χ0v) is 23.5. The molecule has 0 saturated carbocycles. The lowest BCUT2D eigenvalue weighted by Gasteiger charge is -2.22. The van der Waals surface area contributed by atoms with E-state index in [1.54, 1.807) is 12.4 Å². The van der Waals surface area contributed by atoms with E-state index in [4.69, 9.17) is 4.98 Å². The molecule has 7 rings (SSSR count). The molecule has 0 atom stereocenters. The number of fused-ring (bicyclic) bond motifs is 2. The lowest BCUT2D eigenvalue weighted by molar-refractivity contribution is 0.372. The fraction of sp³-hybridized carbons (Fsp3) is 0.281. The Morgan fingerprint density at radius 2 is 1.76 bits per heavy atom. The van der Waals surface area contributed by atoms with Gasteiger partial charge in [0.1, 0.15) is 17.0 Å². The van der Waals surface area contributed by atoms with Gasteiger partial charge in [-0.05, 0) is 92.7 Å². The minimum Gasteiger partial charge on any atom is -0.336 e. The van der Waals surface area contributed by atoms with E-state index < -0.39 is 0 Å². The third-order valence-electron chi connectivity index (χ3n) is 7.46. The van der Waals surface area contributed by atoms with Crippen molar-refractivity contribution < 1.29 is 4.39 Å². The van der Waals surface area contributed by atoms with Crippen LogP contribution in [0.25, 0.3) is 56.0 Å². The predicted octanol–water partition coefficient (Wildman–Crippen LogP) is 6.64. The van der Waals surface area contributed by atoms with Crippen molar-refractivity contribution in [3.63, 3.8) is 0 Å². The van der Waals surface area contributed by atoms with Crippen LogP contribution in [-0.4, -0.2) is 48.2 Å².